The van der Waals surface area contributed by atoms with Gasteiger partial charge in [0, 0.05) is 13.1 Å². The van der Waals surface area contributed by atoms with Gasteiger partial charge in [0.05, 0.1) is 33.8 Å². The van der Waals surface area contributed by atoms with Gasteiger partial charge in [0.1, 0.15) is 4.90 Å². The summed E-state index contributed by atoms with van der Waals surface area (Å²) >= 11 is 17.9. The van der Waals surface area contributed by atoms with Crippen LogP contribution in [-0.4, -0.2) is 45.5 Å². The first-order valence-electron chi connectivity index (χ1n) is 5.80. The summed E-state index contributed by atoms with van der Waals surface area (Å²) in [6, 6.07) is 1.03. The van der Waals surface area contributed by atoms with Crippen molar-refractivity contribution in [1.82, 2.24) is 4.90 Å². The number of benzene rings is 1. The van der Waals surface area contributed by atoms with E-state index >= 15 is 0 Å². The van der Waals surface area contributed by atoms with Crippen molar-refractivity contribution in [3.63, 3.8) is 0 Å². The molecule has 0 saturated carbocycles. The lowest BCUT2D eigenvalue weighted by Gasteiger charge is -2.27. The number of ether oxygens (including phenoxy) is 1. The molecule has 0 atom stereocenters. The van der Waals surface area contributed by atoms with E-state index in [1.165, 1.54) is 4.90 Å². The smallest absolute Gasteiger partial charge is 0.257 e. The molecule has 0 spiro atoms. The molecule has 1 fully saturated rings. The SMILES string of the molecule is NS(=O)(=O)c1cc(Cl)c(Cl)c(C(=O)N2CCOCC2)c1Cl. The molecule has 21 heavy (non-hydrogen) atoms. The average molecular weight is 374 g/mol. The number of nitrogens with zero attached hydrogens (tertiary/aromatic N) is 1. The molecule has 1 saturated heterocycles. The molecule has 1 aliphatic rings. The molecule has 1 amide bonds. The van der Waals surface area contributed by atoms with E-state index in [0.29, 0.717) is 26.3 Å². The number of hydrogen-bond donors (Lipinski definition) is 1. The lowest BCUT2D eigenvalue weighted by Crippen LogP contribution is -2.41. The Morgan fingerprint density at radius 3 is 2.29 bits per heavy atom. The first-order valence-corrected chi connectivity index (χ1v) is 8.49. The normalized spacial score (nSPS) is 16.1. The van der Waals surface area contributed by atoms with E-state index in [1.807, 2.05) is 0 Å². The van der Waals surface area contributed by atoms with Crippen LogP contribution in [0.5, 0.6) is 0 Å². The van der Waals surface area contributed by atoms with Crippen LogP contribution in [0.2, 0.25) is 15.1 Å². The predicted octanol–water partition coefficient (Wildman–Crippen LogP) is 1.77. The van der Waals surface area contributed by atoms with E-state index < -0.39 is 20.8 Å². The molecule has 6 nitrogen and oxygen atoms in total. The maximum Gasteiger partial charge on any atom is 0.257 e. The maximum atomic E-state index is 12.5. The van der Waals surface area contributed by atoms with Crippen LogP contribution >= 0.6 is 34.8 Å². The second-order valence-corrected chi connectivity index (χ2v) is 7.00. The van der Waals surface area contributed by atoms with E-state index in [2.05, 4.69) is 0 Å². The second kappa shape index (κ2) is 6.28. The minimum atomic E-state index is -4.13. The molecule has 1 aromatic carbocycles. The topological polar surface area (TPSA) is 89.7 Å². The van der Waals surface area contributed by atoms with Crippen molar-refractivity contribution in [3.8, 4) is 0 Å². The van der Waals surface area contributed by atoms with Gasteiger partial charge in [-0.15, -0.1) is 0 Å². The van der Waals surface area contributed by atoms with Crippen molar-refractivity contribution >= 4 is 50.7 Å². The van der Waals surface area contributed by atoms with Crippen LogP contribution in [0, 0.1) is 0 Å². The lowest BCUT2D eigenvalue weighted by atomic mass is 10.2. The Balaban J connectivity index is 2.57. The number of carbonyl (C=O) groups excluding carboxylic acids is 1. The van der Waals surface area contributed by atoms with Crippen molar-refractivity contribution in [2.24, 2.45) is 5.14 Å². The Labute approximate surface area is 136 Å². The Morgan fingerprint density at radius 2 is 1.76 bits per heavy atom. The number of primary sulfonamides is 1. The highest BCUT2D eigenvalue weighted by Gasteiger charge is 2.29. The molecule has 0 bridgehead atoms. The van der Waals surface area contributed by atoms with Gasteiger partial charge in [0.25, 0.3) is 5.91 Å². The Hall–Kier alpha value is -0.570. The predicted molar refractivity (Wildman–Crippen MR) is 79.6 cm³/mol. The zero-order valence-electron chi connectivity index (χ0n) is 10.6. The summed E-state index contributed by atoms with van der Waals surface area (Å²) in [7, 11) is -4.13. The minimum Gasteiger partial charge on any atom is -0.378 e. The number of sulfonamides is 1. The highest BCUT2D eigenvalue weighted by atomic mass is 35.5. The molecule has 0 radical (unpaired) electrons. The molecule has 2 N–H and O–H groups in total. The van der Waals surface area contributed by atoms with Gasteiger partial charge in [-0.3, -0.25) is 4.79 Å². The third-order valence-electron chi connectivity index (χ3n) is 2.94. The monoisotopic (exact) mass is 372 g/mol. The molecule has 1 aliphatic heterocycles. The van der Waals surface area contributed by atoms with Crippen LogP contribution in [0.3, 0.4) is 0 Å². The Morgan fingerprint density at radius 1 is 1.19 bits per heavy atom. The van der Waals surface area contributed by atoms with Crippen LogP contribution in [0.15, 0.2) is 11.0 Å². The van der Waals surface area contributed by atoms with Gasteiger partial charge in [-0.2, -0.15) is 0 Å². The molecule has 116 valence electrons. The molecule has 1 heterocycles. The van der Waals surface area contributed by atoms with Crippen LogP contribution in [-0.2, 0) is 14.8 Å². The van der Waals surface area contributed by atoms with E-state index in [-0.39, 0.29) is 20.6 Å². The van der Waals surface area contributed by atoms with Gasteiger partial charge in [-0.1, -0.05) is 34.8 Å². The standard InChI is InChI=1S/C11H11Cl3N2O4S/c12-6-5-7(21(15,18)19)10(14)8(9(6)13)11(17)16-1-3-20-4-2-16/h5H,1-4H2,(H2,15,18,19). The zero-order chi connectivity index (χ0) is 15.8. The van der Waals surface area contributed by atoms with Crippen LogP contribution in [0.4, 0.5) is 0 Å². The number of rotatable bonds is 2. The number of hydrogen-bond acceptors (Lipinski definition) is 4. The van der Waals surface area contributed by atoms with Gasteiger partial charge in [-0.25, -0.2) is 13.6 Å². The summed E-state index contributed by atoms with van der Waals surface area (Å²) in [5.41, 5.74) is -0.170. The van der Waals surface area contributed by atoms with Gasteiger partial charge in [0.15, 0.2) is 0 Å². The van der Waals surface area contributed by atoms with E-state index in [1.54, 1.807) is 0 Å². The van der Waals surface area contributed by atoms with Crippen molar-refractivity contribution in [1.29, 1.82) is 0 Å². The third-order valence-corrected chi connectivity index (χ3v) is 5.17. The van der Waals surface area contributed by atoms with Crippen LogP contribution in [0.25, 0.3) is 0 Å². The van der Waals surface area contributed by atoms with Gasteiger partial charge in [0.2, 0.25) is 10.0 Å². The molecule has 10 heteroatoms. The fraction of sp³-hybridized carbons (Fsp3) is 0.364. The summed E-state index contributed by atoms with van der Waals surface area (Å²) in [5, 5.41) is 4.52. The third kappa shape index (κ3) is 3.44. The fourth-order valence-electron chi connectivity index (χ4n) is 1.90. The van der Waals surface area contributed by atoms with E-state index in [4.69, 9.17) is 44.7 Å². The van der Waals surface area contributed by atoms with Gasteiger partial charge >= 0.3 is 0 Å². The van der Waals surface area contributed by atoms with E-state index in [9.17, 15) is 13.2 Å². The summed E-state index contributed by atoms with van der Waals surface area (Å²) in [4.78, 5) is 13.5. The van der Waals surface area contributed by atoms with Crippen molar-refractivity contribution in [2.75, 3.05) is 26.3 Å². The van der Waals surface area contributed by atoms with Crippen LogP contribution < -0.4 is 5.14 Å². The zero-order valence-corrected chi connectivity index (χ0v) is 13.7. The maximum absolute atomic E-state index is 12.5. The minimum absolute atomic E-state index is 0.106. The number of amides is 1. The number of morpholine rings is 1. The fourth-order valence-corrected chi connectivity index (χ4v) is 3.63. The summed E-state index contributed by atoms with van der Waals surface area (Å²) in [6.07, 6.45) is 0. The highest BCUT2D eigenvalue weighted by molar-refractivity contribution is 7.89. The Bertz CT molecular complexity index is 687. The van der Waals surface area contributed by atoms with Crippen molar-refractivity contribution < 1.29 is 17.9 Å². The molecule has 0 aromatic heterocycles. The van der Waals surface area contributed by atoms with Gasteiger partial charge in [-0.05, 0) is 6.07 Å². The van der Waals surface area contributed by atoms with Crippen molar-refractivity contribution in [2.45, 2.75) is 4.90 Å². The lowest BCUT2D eigenvalue weighted by molar-refractivity contribution is 0.0303. The first-order chi connectivity index (χ1) is 9.73. The summed E-state index contributed by atoms with van der Waals surface area (Å²) in [5.74, 6) is -0.513. The first kappa shape index (κ1) is 16.8. The Kier molecular flexibility index (Phi) is 5.02. The molecular formula is C11H11Cl3N2O4S. The highest BCUT2D eigenvalue weighted by Crippen LogP contribution is 2.37. The summed E-state index contributed by atoms with van der Waals surface area (Å²) in [6.45, 7) is 1.46. The van der Waals surface area contributed by atoms with Crippen molar-refractivity contribution in [3.05, 3.63) is 26.7 Å². The van der Waals surface area contributed by atoms with E-state index in [0.717, 1.165) is 6.07 Å². The molecule has 2 rings (SSSR count). The summed E-state index contributed by atoms with van der Waals surface area (Å²) < 4.78 is 28.2. The van der Waals surface area contributed by atoms with Crippen LogP contribution in [0.1, 0.15) is 10.4 Å². The number of nitrogens with two attached hydrogens (primary N) is 1. The molecular weight excluding hydrogens is 363 g/mol. The number of halogens is 3. The molecule has 0 aliphatic carbocycles. The largest absolute Gasteiger partial charge is 0.378 e. The number of carbonyl (C=O) groups is 1. The molecule has 1 aromatic rings. The average Bonchev–Trinajstić information content (AvgIpc) is 2.42. The quantitative estimate of drug-likeness (QED) is 0.800. The second-order valence-electron chi connectivity index (χ2n) is 4.31. The molecule has 0 unspecified atom stereocenters. The van der Waals surface area contributed by atoms with Gasteiger partial charge < -0.3 is 9.64 Å².